The van der Waals surface area contributed by atoms with Crippen LogP contribution >= 0.6 is 0 Å². The Labute approximate surface area is 149 Å². The lowest BCUT2D eigenvalue weighted by molar-refractivity contribution is 0.431. The Hall–Kier alpha value is -3.23. The molecule has 4 rings (SSSR count). The van der Waals surface area contributed by atoms with Gasteiger partial charge in [-0.25, -0.2) is 18.5 Å². The van der Waals surface area contributed by atoms with Gasteiger partial charge >= 0.3 is 0 Å². The summed E-state index contributed by atoms with van der Waals surface area (Å²) in [6, 6.07) is 17.7. The Morgan fingerprint density at radius 2 is 1.73 bits per heavy atom. The van der Waals surface area contributed by atoms with Gasteiger partial charge < -0.3 is 4.52 Å². The number of primary sulfonamides is 1. The molecule has 0 radical (unpaired) electrons. The van der Waals surface area contributed by atoms with E-state index in [9.17, 15) is 8.42 Å². The van der Waals surface area contributed by atoms with Crippen molar-refractivity contribution in [1.29, 1.82) is 0 Å². The number of sulfonamides is 1. The minimum absolute atomic E-state index is 0.0499. The number of benzene rings is 2. The average Bonchev–Trinajstić information content (AvgIpc) is 3.31. The van der Waals surface area contributed by atoms with Crippen molar-refractivity contribution in [3.63, 3.8) is 0 Å². The molecule has 0 saturated carbocycles. The summed E-state index contributed by atoms with van der Waals surface area (Å²) < 4.78 is 30.0. The van der Waals surface area contributed by atoms with Gasteiger partial charge in [0.15, 0.2) is 5.82 Å². The Kier molecular flexibility index (Phi) is 3.90. The molecule has 130 valence electrons. The van der Waals surface area contributed by atoms with E-state index in [1.54, 1.807) is 29.1 Å². The highest BCUT2D eigenvalue weighted by Crippen LogP contribution is 2.27. The molecular weight excluding hydrogens is 352 g/mol. The summed E-state index contributed by atoms with van der Waals surface area (Å²) in [5, 5.41) is 9.23. The summed E-state index contributed by atoms with van der Waals surface area (Å²) in [5.41, 5.74) is 2.38. The predicted octanol–water partition coefficient (Wildman–Crippen LogP) is 2.84. The van der Waals surface area contributed by atoms with E-state index in [2.05, 4.69) is 10.1 Å². The molecule has 0 saturated heterocycles. The van der Waals surface area contributed by atoms with Gasteiger partial charge in [0.1, 0.15) is 5.69 Å². The number of rotatable bonds is 4. The van der Waals surface area contributed by atoms with E-state index in [1.807, 2.05) is 36.4 Å². The van der Waals surface area contributed by atoms with Gasteiger partial charge in [0, 0.05) is 29.7 Å². The molecule has 2 aromatic heterocycles. The van der Waals surface area contributed by atoms with Crippen molar-refractivity contribution in [2.45, 2.75) is 4.90 Å². The van der Waals surface area contributed by atoms with Gasteiger partial charge in [0.25, 0.3) is 0 Å². The first-order valence-corrected chi connectivity index (χ1v) is 9.26. The Bertz CT molecular complexity index is 1150. The number of hydrogen-bond donors (Lipinski definition) is 1. The van der Waals surface area contributed by atoms with Crippen molar-refractivity contribution in [3.8, 4) is 28.5 Å². The van der Waals surface area contributed by atoms with E-state index in [4.69, 9.17) is 9.66 Å². The molecular formula is C18H14N4O3S. The van der Waals surface area contributed by atoms with Gasteiger partial charge in [-0.2, -0.15) is 0 Å². The quantitative estimate of drug-likeness (QED) is 0.598. The lowest BCUT2D eigenvalue weighted by atomic mass is 10.1. The van der Waals surface area contributed by atoms with E-state index in [0.717, 1.165) is 11.3 Å². The summed E-state index contributed by atoms with van der Waals surface area (Å²) >= 11 is 0. The fourth-order valence-corrected chi connectivity index (χ4v) is 3.13. The molecule has 2 aromatic carbocycles. The first kappa shape index (κ1) is 16.2. The van der Waals surface area contributed by atoms with Gasteiger partial charge in [-0.3, -0.25) is 4.57 Å². The molecule has 0 aliphatic carbocycles. The van der Waals surface area contributed by atoms with Crippen molar-refractivity contribution in [3.05, 3.63) is 73.1 Å². The summed E-state index contributed by atoms with van der Waals surface area (Å²) in [6.07, 6.45) is 3.39. The highest BCUT2D eigenvalue weighted by molar-refractivity contribution is 7.89. The van der Waals surface area contributed by atoms with Gasteiger partial charge in [-0.1, -0.05) is 35.5 Å². The summed E-state index contributed by atoms with van der Waals surface area (Å²) in [6.45, 7) is 0. The van der Waals surface area contributed by atoms with E-state index in [0.29, 0.717) is 17.3 Å². The molecule has 2 heterocycles. The number of nitrogens with two attached hydrogens (primary N) is 1. The second-order valence-electron chi connectivity index (χ2n) is 5.60. The maximum atomic E-state index is 11.4. The van der Waals surface area contributed by atoms with E-state index >= 15 is 0 Å². The zero-order valence-corrected chi connectivity index (χ0v) is 14.3. The van der Waals surface area contributed by atoms with Crippen molar-refractivity contribution < 1.29 is 12.9 Å². The molecule has 4 aromatic rings. The topological polar surface area (TPSA) is 104 Å². The maximum absolute atomic E-state index is 11.4. The van der Waals surface area contributed by atoms with Gasteiger partial charge in [-0.15, -0.1) is 0 Å². The zero-order valence-electron chi connectivity index (χ0n) is 13.5. The van der Waals surface area contributed by atoms with Crippen LogP contribution in [0.2, 0.25) is 0 Å². The summed E-state index contributed by atoms with van der Waals surface area (Å²) in [4.78, 5) is 4.38. The van der Waals surface area contributed by atoms with Crippen LogP contribution in [0.3, 0.4) is 0 Å². The Balaban J connectivity index is 1.71. The number of imidazole rings is 1. The van der Waals surface area contributed by atoms with E-state index in [1.165, 1.54) is 12.1 Å². The molecule has 0 atom stereocenters. The van der Waals surface area contributed by atoms with Crippen LogP contribution in [0.5, 0.6) is 0 Å². The van der Waals surface area contributed by atoms with Crippen LogP contribution in [0.1, 0.15) is 0 Å². The predicted molar refractivity (Wildman–Crippen MR) is 95.9 cm³/mol. The third kappa shape index (κ3) is 3.03. The lowest BCUT2D eigenvalue weighted by Crippen LogP contribution is -2.12. The smallest absolute Gasteiger partial charge is 0.238 e. The van der Waals surface area contributed by atoms with E-state index < -0.39 is 10.0 Å². The standard InChI is InChI=1S/C18H14N4O3S/c19-26(23,24)15-8-6-14(7-9-15)22-11-10-20-18(22)17-12-16(21-25-17)13-4-2-1-3-5-13/h1-12H,(H2,19,23,24). The normalized spacial score (nSPS) is 11.6. The minimum atomic E-state index is -3.73. The maximum Gasteiger partial charge on any atom is 0.238 e. The third-order valence-electron chi connectivity index (χ3n) is 3.88. The van der Waals surface area contributed by atoms with Gasteiger partial charge in [0.05, 0.1) is 4.90 Å². The van der Waals surface area contributed by atoms with Crippen molar-refractivity contribution in [2.24, 2.45) is 5.14 Å². The molecule has 26 heavy (non-hydrogen) atoms. The summed E-state index contributed by atoms with van der Waals surface area (Å²) in [5.74, 6) is 1.06. The number of nitrogens with zero attached hydrogens (tertiary/aromatic N) is 3. The minimum Gasteiger partial charge on any atom is -0.352 e. The van der Waals surface area contributed by atoms with Crippen molar-refractivity contribution >= 4 is 10.0 Å². The number of aromatic nitrogens is 3. The monoisotopic (exact) mass is 366 g/mol. The van der Waals surface area contributed by atoms with Crippen LogP contribution < -0.4 is 5.14 Å². The molecule has 7 nitrogen and oxygen atoms in total. The molecule has 0 spiro atoms. The fraction of sp³-hybridized carbons (Fsp3) is 0. The first-order chi connectivity index (χ1) is 12.5. The van der Waals surface area contributed by atoms with Crippen molar-refractivity contribution in [2.75, 3.05) is 0 Å². The molecule has 2 N–H and O–H groups in total. The first-order valence-electron chi connectivity index (χ1n) is 7.71. The van der Waals surface area contributed by atoms with E-state index in [-0.39, 0.29) is 4.90 Å². The highest BCUT2D eigenvalue weighted by Gasteiger charge is 2.15. The van der Waals surface area contributed by atoms with Crippen LogP contribution in [0, 0.1) is 0 Å². The zero-order chi connectivity index (χ0) is 18.1. The second kappa shape index (κ2) is 6.25. The average molecular weight is 366 g/mol. The Morgan fingerprint density at radius 3 is 2.42 bits per heavy atom. The van der Waals surface area contributed by atoms with Crippen molar-refractivity contribution in [1.82, 2.24) is 14.7 Å². The van der Waals surface area contributed by atoms with Crippen LogP contribution in [0.4, 0.5) is 0 Å². The van der Waals surface area contributed by atoms with Crippen LogP contribution in [0.15, 0.2) is 82.5 Å². The van der Waals surface area contributed by atoms with Crippen LogP contribution in [-0.2, 0) is 10.0 Å². The van der Waals surface area contributed by atoms with Gasteiger partial charge in [0.2, 0.25) is 15.8 Å². The SMILES string of the molecule is NS(=O)(=O)c1ccc(-n2ccnc2-c2cc(-c3ccccc3)no2)cc1. The molecule has 0 fully saturated rings. The van der Waals surface area contributed by atoms with Crippen LogP contribution in [0.25, 0.3) is 28.5 Å². The fourth-order valence-electron chi connectivity index (χ4n) is 2.62. The second-order valence-corrected chi connectivity index (χ2v) is 7.16. The number of hydrogen-bond acceptors (Lipinski definition) is 5. The molecule has 0 bridgehead atoms. The largest absolute Gasteiger partial charge is 0.352 e. The lowest BCUT2D eigenvalue weighted by Gasteiger charge is -2.06. The summed E-state index contributed by atoms with van der Waals surface area (Å²) in [7, 11) is -3.73. The Morgan fingerprint density at radius 1 is 1.00 bits per heavy atom. The molecule has 0 amide bonds. The highest BCUT2D eigenvalue weighted by atomic mass is 32.2. The molecule has 0 aliphatic heterocycles. The molecule has 0 aliphatic rings. The molecule has 8 heteroatoms. The van der Waals surface area contributed by atoms with Gasteiger partial charge in [-0.05, 0) is 24.3 Å². The third-order valence-corrected chi connectivity index (χ3v) is 4.81. The van der Waals surface area contributed by atoms with Crippen LogP contribution in [-0.4, -0.2) is 23.1 Å². The molecule has 0 unspecified atom stereocenters.